The lowest BCUT2D eigenvalue weighted by atomic mass is 10.1. The van der Waals surface area contributed by atoms with E-state index >= 15 is 0 Å². The molecule has 250 valence electrons. The highest BCUT2D eigenvalue weighted by Gasteiger charge is 2.43. The number of halogens is 3. The van der Waals surface area contributed by atoms with Crippen molar-refractivity contribution in [1.29, 1.82) is 0 Å². The molecule has 1 aliphatic heterocycles. The third kappa shape index (κ3) is 6.52. The number of rotatable bonds is 8. The molecule has 3 aromatic heterocycles. The first-order chi connectivity index (χ1) is 22.1. The second-order valence-electron chi connectivity index (χ2n) is 11.3. The molecule has 1 saturated heterocycles. The Kier molecular flexibility index (Phi) is 9.03. The smallest absolute Gasteiger partial charge is 0.480 e. The van der Waals surface area contributed by atoms with Crippen LogP contribution in [0, 0.1) is 6.92 Å². The number of hydrogen-bond acceptors (Lipinski definition) is 10. The van der Waals surface area contributed by atoms with Gasteiger partial charge in [0.1, 0.15) is 28.8 Å². The molecule has 1 fully saturated rings. The van der Waals surface area contributed by atoms with E-state index in [4.69, 9.17) is 9.15 Å². The van der Waals surface area contributed by atoms with E-state index in [1.165, 1.54) is 35.8 Å². The summed E-state index contributed by atoms with van der Waals surface area (Å²) in [4.78, 5) is 70.7. The zero-order valence-electron chi connectivity index (χ0n) is 25.3. The van der Waals surface area contributed by atoms with Crippen LogP contribution in [-0.4, -0.2) is 67.5 Å². The first kappa shape index (κ1) is 33.4. The van der Waals surface area contributed by atoms with Crippen molar-refractivity contribution >= 4 is 39.6 Å². The molecule has 4 heterocycles. The summed E-state index contributed by atoms with van der Waals surface area (Å²) < 4.78 is 55.5. The molecule has 1 amide bonds. The Bertz CT molecular complexity index is 1920. The van der Waals surface area contributed by atoms with E-state index in [1.807, 2.05) is 0 Å². The number of carboxylic acid groups (broad SMARTS) is 1. The number of hydrogen-bond donors (Lipinski definition) is 1. The average molecular weight is 679 g/mol. The number of carboxylic acids is 1. The Hall–Kier alpha value is -4.93. The zero-order valence-corrected chi connectivity index (χ0v) is 26.1. The zero-order chi connectivity index (χ0) is 34.3. The van der Waals surface area contributed by atoms with Gasteiger partial charge in [-0.2, -0.15) is 13.2 Å². The number of nitrogens with zero attached hydrogens (tertiary/aromatic N) is 4. The van der Waals surface area contributed by atoms with Crippen molar-refractivity contribution in [3.05, 3.63) is 74.8 Å². The van der Waals surface area contributed by atoms with Crippen molar-refractivity contribution in [2.45, 2.75) is 64.1 Å². The van der Waals surface area contributed by atoms with Crippen LogP contribution >= 0.6 is 11.3 Å². The predicted molar refractivity (Wildman–Crippen MR) is 160 cm³/mol. The van der Waals surface area contributed by atoms with Crippen LogP contribution in [0.25, 0.3) is 21.0 Å². The molecule has 1 aliphatic rings. The number of thiophene rings is 1. The van der Waals surface area contributed by atoms with Crippen molar-refractivity contribution in [2.24, 2.45) is 0 Å². The second-order valence-corrected chi connectivity index (χ2v) is 12.3. The Labute approximate surface area is 267 Å². The van der Waals surface area contributed by atoms with Crippen LogP contribution in [0.1, 0.15) is 43.9 Å². The SMILES string of the molecule is Cc1c(-c2ncco2)sc2c1c(=O)n(C(C)(C)C(=O)O)c(=O)n2C[C@H](OC(=O)N1CCC(OC(=O)C(F)(F)F)CC1)c1ccccc1. The summed E-state index contributed by atoms with van der Waals surface area (Å²) in [6, 6.07) is 8.38. The Morgan fingerprint density at radius 3 is 2.36 bits per heavy atom. The molecule has 0 bridgehead atoms. The Morgan fingerprint density at radius 1 is 1.13 bits per heavy atom. The molecule has 1 atom stereocenters. The number of benzene rings is 1. The molecule has 13 nitrogen and oxygen atoms in total. The van der Waals surface area contributed by atoms with Gasteiger partial charge in [-0.25, -0.2) is 28.7 Å². The highest BCUT2D eigenvalue weighted by molar-refractivity contribution is 7.22. The van der Waals surface area contributed by atoms with E-state index < -0.39 is 53.2 Å². The van der Waals surface area contributed by atoms with Gasteiger partial charge in [0, 0.05) is 25.9 Å². The van der Waals surface area contributed by atoms with Gasteiger partial charge in [-0.3, -0.25) is 9.36 Å². The van der Waals surface area contributed by atoms with E-state index in [2.05, 4.69) is 9.72 Å². The van der Waals surface area contributed by atoms with Gasteiger partial charge in [0.15, 0.2) is 0 Å². The molecular formula is C30H29F3N4O9S. The van der Waals surface area contributed by atoms with Crippen LogP contribution < -0.4 is 11.2 Å². The van der Waals surface area contributed by atoms with Crippen LogP contribution in [0.15, 0.2) is 56.8 Å². The lowest BCUT2D eigenvalue weighted by molar-refractivity contribution is -0.206. The highest BCUT2D eigenvalue weighted by atomic mass is 32.1. The van der Waals surface area contributed by atoms with Crippen LogP contribution in [-0.2, 0) is 31.1 Å². The summed E-state index contributed by atoms with van der Waals surface area (Å²) in [5, 5.41) is 10.0. The number of carbonyl (C=O) groups is 3. The van der Waals surface area contributed by atoms with Gasteiger partial charge in [0.2, 0.25) is 5.89 Å². The standard InChI is InChI=1S/C30H29F3N4O9S/c1-16-20-23(38)37(29(2,3)25(39)40)27(42)36(24(20)47-21(16)22-34-11-14-44-22)15-19(17-7-5-4-6-8-17)46-28(43)35-12-9-18(10-13-35)45-26(41)30(31,32)33/h4-8,11,14,18-19H,9-10,12-13,15H2,1-3H3,(H,39,40)/t19-/m0/s1. The van der Waals surface area contributed by atoms with Crippen molar-refractivity contribution < 1.29 is 46.6 Å². The number of ether oxygens (including phenoxy) is 2. The number of aliphatic carboxylic acids is 1. The highest BCUT2D eigenvalue weighted by Crippen LogP contribution is 2.36. The van der Waals surface area contributed by atoms with Crippen molar-refractivity contribution in [3.63, 3.8) is 0 Å². The summed E-state index contributed by atoms with van der Waals surface area (Å²) in [7, 11) is 0. The minimum Gasteiger partial charge on any atom is -0.480 e. The molecule has 0 saturated carbocycles. The lowest BCUT2D eigenvalue weighted by Gasteiger charge is -2.32. The number of aromatic nitrogens is 3. The van der Waals surface area contributed by atoms with Gasteiger partial charge >= 0.3 is 29.9 Å². The van der Waals surface area contributed by atoms with E-state index in [9.17, 15) is 42.3 Å². The molecule has 47 heavy (non-hydrogen) atoms. The van der Waals surface area contributed by atoms with Crippen molar-refractivity contribution in [3.8, 4) is 10.8 Å². The van der Waals surface area contributed by atoms with Crippen LogP contribution in [0.5, 0.6) is 0 Å². The molecule has 0 unspecified atom stereocenters. The molecular weight excluding hydrogens is 649 g/mol. The first-order valence-electron chi connectivity index (χ1n) is 14.3. The molecule has 17 heteroatoms. The van der Waals surface area contributed by atoms with Crippen molar-refractivity contribution in [2.75, 3.05) is 13.1 Å². The Morgan fingerprint density at radius 2 is 1.79 bits per heavy atom. The van der Waals surface area contributed by atoms with Crippen LogP contribution in [0.2, 0.25) is 0 Å². The second kappa shape index (κ2) is 12.7. The average Bonchev–Trinajstić information content (AvgIpc) is 3.67. The molecule has 1 aromatic carbocycles. The summed E-state index contributed by atoms with van der Waals surface area (Å²) in [6.45, 7) is 3.58. The number of esters is 1. The molecule has 1 N–H and O–H groups in total. The van der Waals surface area contributed by atoms with E-state index in [1.54, 1.807) is 37.3 Å². The fourth-order valence-electron chi connectivity index (χ4n) is 5.25. The fraction of sp³-hybridized carbons (Fsp3) is 0.400. The van der Waals surface area contributed by atoms with E-state index in [0.29, 0.717) is 20.6 Å². The van der Waals surface area contributed by atoms with Crippen LogP contribution in [0.3, 0.4) is 0 Å². The minimum absolute atomic E-state index is 0.0553. The lowest BCUT2D eigenvalue weighted by Crippen LogP contribution is -2.52. The maximum absolute atomic E-state index is 14.1. The normalized spacial score (nSPS) is 15.1. The number of aryl methyl sites for hydroxylation is 1. The third-order valence-corrected chi connectivity index (χ3v) is 9.19. The third-order valence-electron chi connectivity index (χ3n) is 7.89. The number of alkyl halides is 3. The minimum atomic E-state index is -5.14. The number of carbonyl (C=O) groups excluding carboxylic acids is 2. The van der Waals surface area contributed by atoms with E-state index in [0.717, 1.165) is 11.3 Å². The maximum Gasteiger partial charge on any atom is 0.490 e. The number of oxazole rings is 1. The van der Waals surface area contributed by atoms with Crippen LogP contribution in [0.4, 0.5) is 18.0 Å². The molecule has 4 aromatic rings. The molecule has 0 aliphatic carbocycles. The number of piperidine rings is 1. The Balaban J connectivity index is 1.53. The molecule has 0 spiro atoms. The van der Waals surface area contributed by atoms with E-state index in [-0.39, 0.29) is 48.6 Å². The fourth-order valence-corrected chi connectivity index (χ4v) is 6.49. The quantitative estimate of drug-likeness (QED) is 0.263. The number of fused-ring (bicyclic) bond motifs is 1. The first-order valence-corrected chi connectivity index (χ1v) is 15.1. The van der Waals surface area contributed by atoms with Gasteiger partial charge in [-0.05, 0) is 31.9 Å². The summed E-state index contributed by atoms with van der Waals surface area (Å²) in [6.07, 6.45) is -5.52. The van der Waals surface area contributed by atoms with Gasteiger partial charge in [0.05, 0.1) is 23.0 Å². The van der Waals surface area contributed by atoms with Gasteiger partial charge in [-0.15, -0.1) is 11.3 Å². The summed E-state index contributed by atoms with van der Waals surface area (Å²) in [5.41, 5.74) is -2.89. The van der Waals surface area contributed by atoms with Gasteiger partial charge in [-0.1, -0.05) is 30.3 Å². The van der Waals surface area contributed by atoms with Gasteiger partial charge < -0.3 is 23.9 Å². The summed E-state index contributed by atoms with van der Waals surface area (Å²) in [5.74, 6) is -3.55. The topological polar surface area (TPSA) is 163 Å². The largest absolute Gasteiger partial charge is 0.490 e. The number of likely N-dealkylation sites (tertiary alicyclic amines) is 1. The van der Waals surface area contributed by atoms with Gasteiger partial charge in [0.25, 0.3) is 5.56 Å². The molecule has 5 rings (SSSR count). The van der Waals surface area contributed by atoms with Crippen molar-refractivity contribution in [1.82, 2.24) is 19.0 Å². The number of amides is 1. The summed E-state index contributed by atoms with van der Waals surface area (Å²) >= 11 is 1.03. The molecule has 0 radical (unpaired) electrons. The predicted octanol–water partition coefficient (Wildman–Crippen LogP) is 4.46. The maximum atomic E-state index is 14.1. The monoisotopic (exact) mass is 678 g/mol.